The SMILES string of the molecule is CCNC1CCN(C(=O)C(C)C2CC2)CC1CC. The first-order chi connectivity index (χ1) is 8.67. The van der Waals surface area contributed by atoms with Crippen molar-refractivity contribution in [1.29, 1.82) is 0 Å². The van der Waals surface area contributed by atoms with Crippen molar-refractivity contribution in [2.24, 2.45) is 17.8 Å². The van der Waals surface area contributed by atoms with Crippen LogP contribution in [0.5, 0.6) is 0 Å². The number of nitrogens with zero attached hydrogens (tertiary/aromatic N) is 1. The fraction of sp³-hybridized carbons (Fsp3) is 0.933. The molecule has 0 aromatic heterocycles. The first kappa shape index (κ1) is 13.9. The van der Waals surface area contributed by atoms with E-state index in [2.05, 4.69) is 31.0 Å². The Hall–Kier alpha value is -0.570. The number of carbonyl (C=O) groups excluding carboxylic acids is 1. The Morgan fingerprint density at radius 3 is 2.61 bits per heavy atom. The number of rotatable bonds is 5. The molecule has 1 amide bonds. The summed E-state index contributed by atoms with van der Waals surface area (Å²) in [6.45, 7) is 9.48. The average molecular weight is 252 g/mol. The molecule has 0 aromatic rings. The standard InChI is InChI=1S/C15H28N2O/c1-4-12-10-17(9-8-14(12)16-5-2)15(18)11(3)13-6-7-13/h11-14,16H,4-10H2,1-3H3. The lowest BCUT2D eigenvalue weighted by atomic mass is 9.89. The van der Waals surface area contributed by atoms with E-state index in [-0.39, 0.29) is 5.92 Å². The predicted octanol–water partition coefficient (Wildman–Crippen LogP) is 2.27. The molecule has 2 aliphatic rings. The molecule has 1 saturated heterocycles. The van der Waals surface area contributed by atoms with E-state index in [1.165, 1.54) is 19.3 Å². The number of amides is 1. The lowest BCUT2D eigenvalue weighted by Gasteiger charge is -2.39. The number of likely N-dealkylation sites (tertiary alicyclic amines) is 1. The van der Waals surface area contributed by atoms with E-state index in [1.54, 1.807) is 0 Å². The zero-order valence-electron chi connectivity index (χ0n) is 12.1. The second-order valence-electron chi connectivity index (χ2n) is 6.03. The van der Waals surface area contributed by atoms with Crippen molar-refractivity contribution in [2.45, 2.75) is 52.5 Å². The smallest absolute Gasteiger partial charge is 0.225 e. The molecule has 1 aliphatic carbocycles. The van der Waals surface area contributed by atoms with Gasteiger partial charge in [0.1, 0.15) is 0 Å². The van der Waals surface area contributed by atoms with E-state index in [0.717, 1.165) is 26.1 Å². The van der Waals surface area contributed by atoms with Crippen molar-refractivity contribution in [2.75, 3.05) is 19.6 Å². The van der Waals surface area contributed by atoms with E-state index < -0.39 is 0 Å². The Kier molecular flexibility index (Phi) is 4.66. The van der Waals surface area contributed by atoms with Gasteiger partial charge in [0, 0.05) is 25.0 Å². The highest BCUT2D eigenvalue weighted by Crippen LogP contribution is 2.38. The maximum Gasteiger partial charge on any atom is 0.225 e. The minimum absolute atomic E-state index is 0.262. The van der Waals surface area contributed by atoms with E-state index in [0.29, 0.717) is 23.8 Å². The van der Waals surface area contributed by atoms with Gasteiger partial charge < -0.3 is 10.2 Å². The molecule has 2 rings (SSSR count). The molecule has 1 heterocycles. The van der Waals surface area contributed by atoms with E-state index in [1.807, 2.05) is 0 Å². The normalized spacial score (nSPS) is 30.3. The third-order valence-electron chi connectivity index (χ3n) is 4.75. The summed E-state index contributed by atoms with van der Waals surface area (Å²) in [4.78, 5) is 14.5. The molecule has 2 fully saturated rings. The van der Waals surface area contributed by atoms with Crippen LogP contribution in [0.3, 0.4) is 0 Å². The molecule has 1 N–H and O–H groups in total. The quantitative estimate of drug-likeness (QED) is 0.814. The molecule has 1 saturated carbocycles. The highest BCUT2D eigenvalue weighted by Gasteiger charge is 2.37. The summed E-state index contributed by atoms with van der Waals surface area (Å²) in [6, 6.07) is 0.611. The Morgan fingerprint density at radius 1 is 1.33 bits per heavy atom. The third-order valence-corrected chi connectivity index (χ3v) is 4.75. The van der Waals surface area contributed by atoms with Crippen LogP contribution in [-0.4, -0.2) is 36.5 Å². The van der Waals surface area contributed by atoms with Gasteiger partial charge in [-0.3, -0.25) is 4.79 Å². The van der Waals surface area contributed by atoms with Crippen molar-refractivity contribution in [1.82, 2.24) is 10.2 Å². The highest BCUT2D eigenvalue weighted by atomic mass is 16.2. The van der Waals surface area contributed by atoms with Crippen LogP contribution in [0.15, 0.2) is 0 Å². The van der Waals surface area contributed by atoms with Crippen LogP contribution in [0.1, 0.15) is 46.5 Å². The molecule has 3 nitrogen and oxygen atoms in total. The van der Waals surface area contributed by atoms with Gasteiger partial charge in [0.2, 0.25) is 5.91 Å². The van der Waals surface area contributed by atoms with Gasteiger partial charge in [-0.25, -0.2) is 0 Å². The van der Waals surface area contributed by atoms with E-state index in [4.69, 9.17) is 0 Å². The summed E-state index contributed by atoms with van der Waals surface area (Å²) in [7, 11) is 0. The molecule has 0 spiro atoms. The van der Waals surface area contributed by atoms with Crippen molar-refractivity contribution >= 4 is 5.91 Å². The lowest BCUT2D eigenvalue weighted by Crippen LogP contribution is -2.52. The number of nitrogens with one attached hydrogen (secondary N) is 1. The minimum atomic E-state index is 0.262. The second-order valence-corrected chi connectivity index (χ2v) is 6.03. The first-order valence-electron chi connectivity index (χ1n) is 7.69. The number of hydrogen-bond donors (Lipinski definition) is 1. The first-order valence-corrected chi connectivity index (χ1v) is 7.69. The number of piperidine rings is 1. The van der Waals surface area contributed by atoms with Crippen molar-refractivity contribution in [3.8, 4) is 0 Å². The summed E-state index contributed by atoms with van der Waals surface area (Å²) in [5.41, 5.74) is 0. The zero-order valence-corrected chi connectivity index (χ0v) is 12.1. The predicted molar refractivity (Wildman–Crippen MR) is 74.3 cm³/mol. The summed E-state index contributed by atoms with van der Waals surface area (Å²) in [5.74, 6) is 1.99. The molecule has 3 unspecified atom stereocenters. The Bertz CT molecular complexity index is 288. The summed E-state index contributed by atoms with van der Waals surface area (Å²) >= 11 is 0. The summed E-state index contributed by atoms with van der Waals surface area (Å²) in [5, 5.41) is 3.57. The van der Waals surface area contributed by atoms with Crippen molar-refractivity contribution < 1.29 is 4.79 Å². The second kappa shape index (κ2) is 6.05. The van der Waals surface area contributed by atoms with Crippen LogP contribution in [0, 0.1) is 17.8 Å². The van der Waals surface area contributed by atoms with E-state index >= 15 is 0 Å². The fourth-order valence-electron chi connectivity index (χ4n) is 3.26. The largest absolute Gasteiger partial charge is 0.342 e. The lowest BCUT2D eigenvalue weighted by molar-refractivity contribution is -0.137. The zero-order chi connectivity index (χ0) is 13.1. The van der Waals surface area contributed by atoms with Crippen LogP contribution >= 0.6 is 0 Å². The number of carbonyl (C=O) groups is 1. The summed E-state index contributed by atoms with van der Waals surface area (Å²) < 4.78 is 0. The molecule has 3 atom stereocenters. The van der Waals surface area contributed by atoms with Gasteiger partial charge in [-0.15, -0.1) is 0 Å². The molecule has 0 aromatic carbocycles. The van der Waals surface area contributed by atoms with Gasteiger partial charge in [0.05, 0.1) is 0 Å². The Labute approximate surface area is 111 Å². The van der Waals surface area contributed by atoms with Crippen LogP contribution in [0.2, 0.25) is 0 Å². The van der Waals surface area contributed by atoms with Gasteiger partial charge >= 0.3 is 0 Å². The van der Waals surface area contributed by atoms with Gasteiger partial charge in [-0.2, -0.15) is 0 Å². The minimum Gasteiger partial charge on any atom is -0.342 e. The third kappa shape index (κ3) is 3.05. The maximum absolute atomic E-state index is 12.4. The molecule has 1 aliphatic heterocycles. The van der Waals surface area contributed by atoms with Crippen molar-refractivity contribution in [3.05, 3.63) is 0 Å². The van der Waals surface area contributed by atoms with E-state index in [9.17, 15) is 4.79 Å². The maximum atomic E-state index is 12.4. The monoisotopic (exact) mass is 252 g/mol. The van der Waals surface area contributed by atoms with Crippen LogP contribution < -0.4 is 5.32 Å². The number of hydrogen-bond acceptors (Lipinski definition) is 2. The Morgan fingerprint density at radius 2 is 2.06 bits per heavy atom. The summed E-state index contributed by atoms with van der Waals surface area (Å²) in [6.07, 6.45) is 4.81. The van der Waals surface area contributed by atoms with Crippen LogP contribution in [-0.2, 0) is 4.79 Å². The topological polar surface area (TPSA) is 32.3 Å². The van der Waals surface area contributed by atoms with Gasteiger partial charge in [-0.1, -0.05) is 27.2 Å². The molecular weight excluding hydrogens is 224 g/mol. The van der Waals surface area contributed by atoms with Crippen molar-refractivity contribution in [3.63, 3.8) is 0 Å². The van der Waals surface area contributed by atoms with Crippen LogP contribution in [0.25, 0.3) is 0 Å². The molecule has 0 radical (unpaired) electrons. The van der Waals surface area contributed by atoms with Crippen LogP contribution in [0.4, 0.5) is 0 Å². The van der Waals surface area contributed by atoms with Gasteiger partial charge in [0.15, 0.2) is 0 Å². The Balaban J connectivity index is 1.89. The fourth-order valence-corrected chi connectivity index (χ4v) is 3.26. The molecular formula is C15H28N2O. The molecule has 0 bridgehead atoms. The molecule has 104 valence electrons. The highest BCUT2D eigenvalue weighted by molar-refractivity contribution is 5.79. The average Bonchev–Trinajstić information content (AvgIpc) is 3.22. The molecule has 3 heteroatoms. The van der Waals surface area contributed by atoms with Gasteiger partial charge in [-0.05, 0) is 37.6 Å². The van der Waals surface area contributed by atoms with Gasteiger partial charge in [0.25, 0.3) is 0 Å². The molecule has 18 heavy (non-hydrogen) atoms.